The summed E-state index contributed by atoms with van der Waals surface area (Å²) in [5.74, 6) is 1.17. The number of carbonyl (C=O) groups excluding carboxylic acids is 1. The highest BCUT2D eigenvalue weighted by Gasteiger charge is 2.16. The van der Waals surface area contributed by atoms with Crippen molar-refractivity contribution in [1.29, 1.82) is 0 Å². The quantitative estimate of drug-likeness (QED) is 0.368. The second-order valence-corrected chi connectivity index (χ2v) is 9.23. The average molecular weight is 411 g/mol. The first-order valence-corrected chi connectivity index (χ1v) is 11.5. The fourth-order valence-electron chi connectivity index (χ4n) is 2.62. The minimum Gasteiger partial charge on any atom is -0.306 e. The highest BCUT2D eigenvalue weighted by Crippen LogP contribution is 2.17. The summed E-state index contributed by atoms with van der Waals surface area (Å²) < 4.78 is 29.5. The van der Waals surface area contributed by atoms with Gasteiger partial charge in [0.15, 0.2) is 10.9 Å². The predicted octanol–water partition coefficient (Wildman–Crippen LogP) is 2.77. The molecule has 0 fully saturated rings. The Morgan fingerprint density at radius 3 is 2.67 bits per heavy atom. The average Bonchev–Trinajstić information content (AvgIpc) is 3.00. The Hall–Kier alpha value is -1.71. The molecule has 0 saturated heterocycles. The molecule has 0 radical (unpaired) electrons. The number of thioether (sulfide) groups is 1. The zero-order valence-electron chi connectivity index (χ0n) is 16.1. The van der Waals surface area contributed by atoms with Crippen molar-refractivity contribution in [1.82, 2.24) is 19.5 Å². The second-order valence-electron chi connectivity index (χ2n) is 6.69. The molecule has 1 aromatic heterocycles. The van der Waals surface area contributed by atoms with Gasteiger partial charge in [0.2, 0.25) is 10.0 Å². The van der Waals surface area contributed by atoms with E-state index in [4.69, 9.17) is 0 Å². The molecule has 0 aliphatic heterocycles. The molecule has 2 rings (SSSR count). The molecule has 1 N–H and O–H groups in total. The Kier molecular flexibility index (Phi) is 7.58. The van der Waals surface area contributed by atoms with Crippen LogP contribution in [0.1, 0.15) is 43.4 Å². The lowest BCUT2D eigenvalue weighted by Crippen LogP contribution is -2.25. The van der Waals surface area contributed by atoms with Gasteiger partial charge in [-0.2, -0.15) is 0 Å². The first-order chi connectivity index (χ1) is 12.7. The maximum absolute atomic E-state index is 12.4. The van der Waals surface area contributed by atoms with Crippen molar-refractivity contribution in [3.8, 4) is 0 Å². The molecule has 2 aromatic rings. The molecule has 9 heteroatoms. The van der Waals surface area contributed by atoms with Crippen LogP contribution < -0.4 is 4.72 Å². The summed E-state index contributed by atoms with van der Waals surface area (Å²) in [6.45, 7) is 6.81. The van der Waals surface area contributed by atoms with E-state index in [-0.39, 0.29) is 17.2 Å². The smallest absolute Gasteiger partial charge is 0.240 e. The third kappa shape index (κ3) is 5.88. The minimum absolute atomic E-state index is 0.0999. The van der Waals surface area contributed by atoms with E-state index in [9.17, 15) is 13.2 Å². The molecule has 0 saturated carbocycles. The van der Waals surface area contributed by atoms with Crippen molar-refractivity contribution in [3.05, 3.63) is 35.7 Å². The highest BCUT2D eigenvalue weighted by atomic mass is 32.2. The topological polar surface area (TPSA) is 94.0 Å². The first-order valence-electron chi connectivity index (χ1n) is 8.81. The van der Waals surface area contributed by atoms with Crippen LogP contribution in [-0.2, 0) is 23.0 Å². The van der Waals surface area contributed by atoms with E-state index in [0.717, 1.165) is 17.5 Å². The van der Waals surface area contributed by atoms with Gasteiger partial charge in [-0.1, -0.05) is 37.7 Å². The van der Waals surface area contributed by atoms with Gasteiger partial charge in [0.05, 0.1) is 4.90 Å². The summed E-state index contributed by atoms with van der Waals surface area (Å²) in [5.41, 5.74) is 0.379. The van der Waals surface area contributed by atoms with Gasteiger partial charge in [-0.25, -0.2) is 13.1 Å². The first kappa shape index (κ1) is 21.6. The number of carbonyl (C=O) groups is 1. The number of aryl methyl sites for hydroxylation is 1. The summed E-state index contributed by atoms with van der Waals surface area (Å²) in [6, 6.07) is 6.06. The minimum atomic E-state index is -3.65. The Labute approximate surface area is 165 Å². The van der Waals surface area contributed by atoms with Crippen LogP contribution in [0.25, 0.3) is 0 Å². The highest BCUT2D eigenvalue weighted by molar-refractivity contribution is 7.98. The van der Waals surface area contributed by atoms with E-state index in [1.807, 2.05) is 6.26 Å². The molecule has 1 aromatic carbocycles. The van der Waals surface area contributed by atoms with Gasteiger partial charge in [0.25, 0.3) is 0 Å². The zero-order valence-corrected chi connectivity index (χ0v) is 17.7. The number of hydrogen-bond donors (Lipinski definition) is 1. The van der Waals surface area contributed by atoms with Crippen LogP contribution in [-0.4, -0.2) is 41.8 Å². The molecule has 0 bridgehead atoms. The Balaban J connectivity index is 1.98. The monoisotopic (exact) mass is 410 g/mol. The number of benzene rings is 1. The van der Waals surface area contributed by atoms with E-state index in [0.29, 0.717) is 24.3 Å². The normalized spacial score (nSPS) is 11.9. The maximum atomic E-state index is 12.4. The Morgan fingerprint density at radius 1 is 1.30 bits per heavy atom. The summed E-state index contributed by atoms with van der Waals surface area (Å²) in [6.07, 6.45) is 3.21. The molecule has 148 valence electrons. The van der Waals surface area contributed by atoms with Crippen LogP contribution in [0.2, 0.25) is 0 Å². The third-order valence-electron chi connectivity index (χ3n) is 3.94. The van der Waals surface area contributed by atoms with E-state index in [2.05, 4.69) is 33.3 Å². The molecule has 0 unspecified atom stereocenters. The largest absolute Gasteiger partial charge is 0.306 e. The lowest BCUT2D eigenvalue weighted by molar-refractivity contribution is 0.101. The number of nitrogens with one attached hydrogen (secondary N) is 1. The summed E-state index contributed by atoms with van der Waals surface area (Å²) in [5, 5.41) is 9.31. The Morgan fingerprint density at radius 2 is 2.04 bits per heavy atom. The van der Waals surface area contributed by atoms with Crippen molar-refractivity contribution in [2.24, 2.45) is 5.92 Å². The SMILES string of the molecule is CSc1nnc(CCCNS(=O)(=O)c2cccc(C(C)=O)c2)n1CC(C)C. The van der Waals surface area contributed by atoms with Crippen LogP contribution >= 0.6 is 11.8 Å². The lowest BCUT2D eigenvalue weighted by Gasteiger charge is -2.12. The number of hydrogen-bond acceptors (Lipinski definition) is 6. The van der Waals surface area contributed by atoms with Crippen LogP contribution in [0.15, 0.2) is 34.3 Å². The number of Topliss-reactive ketones (excluding diaryl/α,β-unsaturated/α-hetero) is 1. The number of ketones is 1. The van der Waals surface area contributed by atoms with E-state index in [1.165, 1.54) is 19.1 Å². The summed E-state index contributed by atoms with van der Waals surface area (Å²) in [4.78, 5) is 11.5. The van der Waals surface area contributed by atoms with Gasteiger partial charge in [-0.15, -0.1) is 10.2 Å². The van der Waals surface area contributed by atoms with Crippen LogP contribution in [0, 0.1) is 5.92 Å². The second kappa shape index (κ2) is 9.48. The zero-order chi connectivity index (χ0) is 20.0. The standard InChI is InChI=1S/C18H26N4O3S2/c1-13(2)12-22-17(20-21-18(22)26-4)9-6-10-19-27(24,25)16-8-5-7-15(11-16)14(3)23/h5,7-8,11,13,19H,6,9-10,12H2,1-4H3. The van der Waals surface area contributed by atoms with E-state index in [1.54, 1.807) is 23.9 Å². The number of sulfonamides is 1. The van der Waals surface area contributed by atoms with Gasteiger partial charge in [-0.3, -0.25) is 4.79 Å². The fraction of sp³-hybridized carbons (Fsp3) is 0.500. The number of aromatic nitrogens is 3. The van der Waals surface area contributed by atoms with Gasteiger partial charge in [0, 0.05) is 25.1 Å². The van der Waals surface area contributed by atoms with Gasteiger partial charge in [-0.05, 0) is 37.7 Å². The number of nitrogens with zero attached hydrogens (tertiary/aromatic N) is 3. The van der Waals surface area contributed by atoms with Gasteiger partial charge < -0.3 is 4.57 Å². The van der Waals surface area contributed by atoms with Crippen molar-refractivity contribution < 1.29 is 13.2 Å². The van der Waals surface area contributed by atoms with Crippen LogP contribution in [0.4, 0.5) is 0 Å². The molecular weight excluding hydrogens is 384 g/mol. The third-order valence-corrected chi connectivity index (χ3v) is 6.07. The summed E-state index contributed by atoms with van der Waals surface area (Å²) in [7, 11) is -3.65. The lowest BCUT2D eigenvalue weighted by atomic mass is 10.2. The van der Waals surface area contributed by atoms with E-state index < -0.39 is 10.0 Å². The summed E-state index contributed by atoms with van der Waals surface area (Å²) >= 11 is 1.55. The molecule has 0 amide bonds. The van der Waals surface area contributed by atoms with E-state index >= 15 is 0 Å². The molecule has 0 aliphatic carbocycles. The van der Waals surface area contributed by atoms with Gasteiger partial charge >= 0.3 is 0 Å². The molecule has 0 atom stereocenters. The molecule has 0 aliphatic rings. The van der Waals surface area contributed by atoms with Crippen molar-refractivity contribution in [2.45, 2.75) is 50.2 Å². The molecule has 27 heavy (non-hydrogen) atoms. The molecular formula is C18H26N4O3S2. The van der Waals surface area contributed by atoms with Crippen molar-refractivity contribution in [3.63, 3.8) is 0 Å². The predicted molar refractivity (Wildman–Crippen MR) is 107 cm³/mol. The van der Waals surface area contributed by atoms with Crippen molar-refractivity contribution >= 4 is 27.6 Å². The van der Waals surface area contributed by atoms with Crippen LogP contribution in [0.5, 0.6) is 0 Å². The molecule has 0 spiro atoms. The van der Waals surface area contributed by atoms with Crippen LogP contribution in [0.3, 0.4) is 0 Å². The molecule has 7 nitrogen and oxygen atoms in total. The fourth-order valence-corrected chi connectivity index (χ4v) is 4.26. The maximum Gasteiger partial charge on any atom is 0.240 e. The number of rotatable bonds is 10. The van der Waals surface area contributed by atoms with Crippen molar-refractivity contribution in [2.75, 3.05) is 12.8 Å². The van der Waals surface area contributed by atoms with Gasteiger partial charge in [0.1, 0.15) is 5.82 Å². The molecule has 1 heterocycles. The Bertz CT molecular complexity index is 892.